The standard InChI is InChI=1S/C17H33BO2/c1-14-10-6-8-12-15(13-9-7-11-14)18-19-16(2,3)17(4,5)20-18/h14-15H,6-13H2,1-5H3. The molecule has 1 saturated carbocycles. The topological polar surface area (TPSA) is 18.5 Å². The van der Waals surface area contributed by atoms with Crippen LogP contribution in [0.5, 0.6) is 0 Å². The Kier molecular flexibility index (Phi) is 5.23. The van der Waals surface area contributed by atoms with Crippen LogP contribution in [0.3, 0.4) is 0 Å². The van der Waals surface area contributed by atoms with Crippen LogP contribution in [0.4, 0.5) is 0 Å². The molecule has 0 spiro atoms. The van der Waals surface area contributed by atoms with Gasteiger partial charge in [-0.2, -0.15) is 0 Å². The van der Waals surface area contributed by atoms with Crippen LogP contribution in [0, 0.1) is 5.92 Å². The summed E-state index contributed by atoms with van der Waals surface area (Å²) in [5, 5.41) is 0. The summed E-state index contributed by atoms with van der Waals surface area (Å²) in [6.45, 7) is 11.1. The molecule has 0 aromatic carbocycles. The van der Waals surface area contributed by atoms with Gasteiger partial charge >= 0.3 is 7.12 Å². The highest BCUT2D eigenvalue weighted by Crippen LogP contribution is 2.43. The van der Waals surface area contributed by atoms with Crippen molar-refractivity contribution >= 4 is 7.12 Å². The third-order valence-corrected chi connectivity index (χ3v) is 5.70. The van der Waals surface area contributed by atoms with Crippen LogP contribution in [-0.4, -0.2) is 18.3 Å². The van der Waals surface area contributed by atoms with Crippen LogP contribution in [0.2, 0.25) is 5.82 Å². The highest BCUT2D eigenvalue weighted by atomic mass is 16.7. The van der Waals surface area contributed by atoms with Gasteiger partial charge in [0.25, 0.3) is 0 Å². The SMILES string of the molecule is CC1CCCCC(B2OC(C)(C)C(C)(C)O2)CCCC1. The maximum absolute atomic E-state index is 6.27. The first-order valence-corrected chi connectivity index (χ1v) is 8.67. The van der Waals surface area contributed by atoms with Gasteiger partial charge in [-0.1, -0.05) is 58.3 Å². The highest BCUT2D eigenvalue weighted by Gasteiger charge is 2.53. The first-order chi connectivity index (χ1) is 9.32. The van der Waals surface area contributed by atoms with Crippen LogP contribution in [-0.2, 0) is 9.31 Å². The van der Waals surface area contributed by atoms with Gasteiger partial charge in [0.15, 0.2) is 0 Å². The number of hydrogen-bond donors (Lipinski definition) is 0. The quantitative estimate of drug-likeness (QED) is 0.613. The molecule has 2 nitrogen and oxygen atoms in total. The average molecular weight is 280 g/mol. The largest absolute Gasteiger partial charge is 0.461 e. The first-order valence-electron chi connectivity index (χ1n) is 8.67. The minimum atomic E-state index is -0.179. The van der Waals surface area contributed by atoms with Gasteiger partial charge < -0.3 is 9.31 Å². The Labute approximate surface area is 126 Å². The summed E-state index contributed by atoms with van der Waals surface area (Å²) < 4.78 is 12.5. The third-order valence-electron chi connectivity index (χ3n) is 5.70. The predicted molar refractivity (Wildman–Crippen MR) is 85.9 cm³/mol. The van der Waals surface area contributed by atoms with Crippen molar-refractivity contribution in [1.82, 2.24) is 0 Å². The minimum Gasteiger partial charge on any atom is -0.403 e. The Balaban J connectivity index is 1.94. The Bertz CT molecular complexity index is 286. The van der Waals surface area contributed by atoms with Crippen LogP contribution in [0.1, 0.15) is 86.0 Å². The van der Waals surface area contributed by atoms with Gasteiger partial charge in [-0.25, -0.2) is 0 Å². The predicted octanol–water partition coefficient (Wildman–Crippen LogP) is 5.22. The van der Waals surface area contributed by atoms with Crippen molar-refractivity contribution in [2.45, 2.75) is 103 Å². The molecule has 0 unspecified atom stereocenters. The molecule has 0 N–H and O–H groups in total. The molecule has 1 aliphatic carbocycles. The van der Waals surface area contributed by atoms with E-state index in [9.17, 15) is 0 Å². The van der Waals surface area contributed by atoms with Gasteiger partial charge in [0.05, 0.1) is 11.2 Å². The monoisotopic (exact) mass is 280 g/mol. The molecule has 0 bridgehead atoms. The van der Waals surface area contributed by atoms with Gasteiger partial charge in [-0.3, -0.25) is 0 Å². The van der Waals surface area contributed by atoms with Gasteiger partial charge in [-0.15, -0.1) is 0 Å². The smallest absolute Gasteiger partial charge is 0.403 e. The van der Waals surface area contributed by atoms with Gasteiger partial charge in [0.1, 0.15) is 0 Å². The molecule has 20 heavy (non-hydrogen) atoms. The fourth-order valence-corrected chi connectivity index (χ4v) is 3.44. The first kappa shape index (κ1) is 16.4. The summed E-state index contributed by atoms with van der Waals surface area (Å²) in [6, 6.07) is 0. The second-order valence-electron chi connectivity index (χ2n) is 8.06. The summed E-state index contributed by atoms with van der Waals surface area (Å²) in [5.41, 5.74) is -0.358. The lowest BCUT2D eigenvalue weighted by Crippen LogP contribution is -2.41. The van der Waals surface area contributed by atoms with E-state index in [0.717, 1.165) is 5.92 Å². The van der Waals surface area contributed by atoms with E-state index in [2.05, 4.69) is 34.6 Å². The Hall–Kier alpha value is -0.0151. The highest BCUT2D eigenvalue weighted by molar-refractivity contribution is 6.47. The summed E-state index contributed by atoms with van der Waals surface area (Å²) >= 11 is 0. The minimum absolute atomic E-state index is 0.0110. The molecule has 0 aromatic rings. The number of rotatable bonds is 1. The summed E-state index contributed by atoms with van der Waals surface area (Å²) in [7, 11) is 0.0110. The lowest BCUT2D eigenvalue weighted by Gasteiger charge is -2.32. The summed E-state index contributed by atoms with van der Waals surface area (Å²) in [4.78, 5) is 0. The fourth-order valence-electron chi connectivity index (χ4n) is 3.44. The fraction of sp³-hybridized carbons (Fsp3) is 1.00. The van der Waals surface area contributed by atoms with Crippen LogP contribution >= 0.6 is 0 Å². The van der Waals surface area contributed by atoms with Crippen molar-refractivity contribution in [3.8, 4) is 0 Å². The van der Waals surface area contributed by atoms with E-state index in [4.69, 9.17) is 9.31 Å². The van der Waals surface area contributed by atoms with E-state index in [1.165, 1.54) is 51.4 Å². The Morgan fingerprint density at radius 1 is 0.750 bits per heavy atom. The molecule has 2 aliphatic rings. The zero-order valence-corrected chi connectivity index (χ0v) is 14.2. The third kappa shape index (κ3) is 3.79. The lowest BCUT2D eigenvalue weighted by molar-refractivity contribution is 0.00578. The average Bonchev–Trinajstić information content (AvgIpc) is 2.56. The lowest BCUT2D eigenvalue weighted by atomic mass is 9.66. The molecule has 0 atom stereocenters. The van der Waals surface area contributed by atoms with Crippen LogP contribution in [0.15, 0.2) is 0 Å². The summed E-state index contributed by atoms with van der Waals surface area (Å²) in [6.07, 6.45) is 10.7. The molecular formula is C17H33BO2. The van der Waals surface area contributed by atoms with E-state index >= 15 is 0 Å². The van der Waals surface area contributed by atoms with E-state index in [0.29, 0.717) is 5.82 Å². The van der Waals surface area contributed by atoms with Crippen LogP contribution < -0.4 is 0 Å². The van der Waals surface area contributed by atoms with Crippen molar-refractivity contribution in [3.63, 3.8) is 0 Å². The molecular weight excluding hydrogens is 247 g/mol. The zero-order valence-electron chi connectivity index (χ0n) is 14.2. The van der Waals surface area contributed by atoms with E-state index < -0.39 is 0 Å². The van der Waals surface area contributed by atoms with Gasteiger partial charge in [0.2, 0.25) is 0 Å². The van der Waals surface area contributed by atoms with Gasteiger partial charge in [0, 0.05) is 0 Å². The van der Waals surface area contributed by atoms with E-state index in [-0.39, 0.29) is 18.3 Å². The molecule has 0 amide bonds. The second-order valence-corrected chi connectivity index (χ2v) is 8.06. The summed E-state index contributed by atoms with van der Waals surface area (Å²) in [5.74, 6) is 1.51. The molecule has 1 heterocycles. The Morgan fingerprint density at radius 3 is 1.60 bits per heavy atom. The van der Waals surface area contributed by atoms with Crippen molar-refractivity contribution in [3.05, 3.63) is 0 Å². The van der Waals surface area contributed by atoms with Crippen LogP contribution in [0.25, 0.3) is 0 Å². The van der Waals surface area contributed by atoms with Crippen molar-refractivity contribution in [1.29, 1.82) is 0 Å². The molecule has 0 aromatic heterocycles. The molecule has 2 fully saturated rings. The maximum atomic E-state index is 6.27. The van der Waals surface area contributed by atoms with Crippen molar-refractivity contribution in [2.24, 2.45) is 5.92 Å². The molecule has 116 valence electrons. The van der Waals surface area contributed by atoms with Crippen molar-refractivity contribution in [2.75, 3.05) is 0 Å². The molecule has 3 heteroatoms. The normalized spacial score (nSPS) is 35.0. The van der Waals surface area contributed by atoms with E-state index in [1.807, 2.05) is 0 Å². The second kappa shape index (κ2) is 6.40. The number of hydrogen-bond acceptors (Lipinski definition) is 2. The Morgan fingerprint density at radius 2 is 1.15 bits per heavy atom. The molecule has 1 aliphatic heterocycles. The van der Waals surface area contributed by atoms with Gasteiger partial charge in [-0.05, 0) is 39.4 Å². The molecule has 0 radical (unpaired) electrons. The molecule has 2 rings (SSSR count). The maximum Gasteiger partial charge on any atom is 0.461 e. The van der Waals surface area contributed by atoms with Crippen molar-refractivity contribution < 1.29 is 9.31 Å². The molecule has 1 saturated heterocycles. The van der Waals surface area contributed by atoms with E-state index in [1.54, 1.807) is 0 Å². The zero-order chi connectivity index (χ0) is 14.8.